The molecule has 0 amide bonds. The summed E-state index contributed by atoms with van der Waals surface area (Å²) in [5.41, 5.74) is 2.58. The van der Waals surface area contributed by atoms with Gasteiger partial charge in [-0.05, 0) is 37.4 Å². The van der Waals surface area contributed by atoms with Gasteiger partial charge in [-0.25, -0.2) is 8.42 Å². The fourth-order valence-electron chi connectivity index (χ4n) is 3.07. The van der Waals surface area contributed by atoms with E-state index in [2.05, 4.69) is 11.4 Å². The summed E-state index contributed by atoms with van der Waals surface area (Å²) in [6, 6.07) is 6.16. The van der Waals surface area contributed by atoms with E-state index in [1.54, 1.807) is 0 Å². The summed E-state index contributed by atoms with van der Waals surface area (Å²) in [6.07, 6.45) is 2.75. The Kier molecular flexibility index (Phi) is 3.98. The van der Waals surface area contributed by atoms with Crippen LogP contribution in [-0.2, 0) is 22.8 Å². The zero-order chi connectivity index (χ0) is 14.0. The summed E-state index contributed by atoms with van der Waals surface area (Å²) in [6.45, 7) is 2.36. The predicted octanol–water partition coefficient (Wildman–Crippen LogP) is 1.54. The van der Waals surface area contributed by atoms with Crippen molar-refractivity contribution in [3.63, 3.8) is 0 Å². The summed E-state index contributed by atoms with van der Waals surface area (Å²) in [7, 11) is -2.85. The highest BCUT2D eigenvalue weighted by Crippen LogP contribution is 2.26. The van der Waals surface area contributed by atoms with Crippen LogP contribution in [-0.4, -0.2) is 33.1 Å². The lowest BCUT2D eigenvalue weighted by Gasteiger charge is -2.24. The molecule has 1 fully saturated rings. The number of rotatable bonds is 3. The molecule has 1 atom stereocenters. The van der Waals surface area contributed by atoms with Gasteiger partial charge in [0.05, 0.1) is 18.1 Å². The molecule has 2 heterocycles. The first kappa shape index (κ1) is 13.9. The Morgan fingerprint density at radius 2 is 2.25 bits per heavy atom. The topological polar surface area (TPSA) is 55.4 Å². The van der Waals surface area contributed by atoms with Gasteiger partial charge in [-0.15, -0.1) is 0 Å². The van der Waals surface area contributed by atoms with Gasteiger partial charge >= 0.3 is 0 Å². The van der Waals surface area contributed by atoms with Gasteiger partial charge in [-0.2, -0.15) is 0 Å². The van der Waals surface area contributed by atoms with E-state index in [9.17, 15) is 8.42 Å². The van der Waals surface area contributed by atoms with E-state index in [1.807, 2.05) is 12.1 Å². The third-order valence-corrected chi connectivity index (χ3v) is 6.02. The lowest BCUT2D eigenvalue weighted by molar-refractivity contribution is 0.246. The van der Waals surface area contributed by atoms with Crippen molar-refractivity contribution in [2.75, 3.05) is 24.7 Å². The minimum atomic E-state index is -2.85. The standard InChI is InChI=1S/C15H21NO3S/c17-20(18)8-2-3-12(11-20)10-19-15-5-1-4-13-6-7-16-9-14(13)15/h1,4-5,12,16H,2-3,6-11H2. The van der Waals surface area contributed by atoms with Crippen LogP contribution in [0.25, 0.3) is 0 Å². The van der Waals surface area contributed by atoms with Crippen molar-refractivity contribution in [2.24, 2.45) is 5.92 Å². The molecule has 20 heavy (non-hydrogen) atoms. The van der Waals surface area contributed by atoms with E-state index >= 15 is 0 Å². The number of fused-ring (bicyclic) bond motifs is 1. The molecule has 3 rings (SSSR count). The van der Waals surface area contributed by atoms with Crippen LogP contribution in [0.15, 0.2) is 18.2 Å². The Balaban J connectivity index is 1.67. The molecule has 1 aromatic carbocycles. The van der Waals surface area contributed by atoms with Crippen molar-refractivity contribution >= 4 is 9.84 Å². The quantitative estimate of drug-likeness (QED) is 0.919. The van der Waals surface area contributed by atoms with Gasteiger partial charge in [-0.1, -0.05) is 12.1 Å². The molecule has 0 aliphatic carbocycles. The first-order valence-corrected chi connectivity index (χ1v) is 9.11. The zero-order valence-corrected chi connectivity index (χ0v) is 12.4. The van der Waals surface area contributed by atoms with Crippen LogP contribution in [0.5, 0.6) is 5.75 Å². The fraction of sp³-hybridized carbons (Fsp3) is 0.600. The van der Waals surface area contributed by atoms with Crippen molar-refractivity contribution in [3.8, 4) is 5.75 Å². The molecule has 0 saturated carbocycles. The number of ether oxygens (including phenoxy) is 1. The minimum Gasteiger partial charge on any atom is -0.493 e. The van der Waals surface area contributed by atoms with Crippen LogP contribution in [0.4, 0.5) is 0 Å². The van der Waals surface area contributed by atoms with Crippen molar-refractivity contribution < 1.29 is 13.2 Å². The van der Waals surface area contributed by atoms with Crippen molar-refractivity contribution in [3.05, 3.63) is 29.3 Å². The SMILES string of the molecule is O=S1(=O)CCCC(COc2cccc3c2CNCC3)C1. The average Bonchev–Trinajstić information content (AvgIpc) is 2.44. The molecule has 4 nitrogen and oxygen atoms in total. The molecular weight excluding hydrogens is 274 g/mol. The molecule has 1 saturated heterocycles. The maximum Gasteiger partial charge on any atom is 0.150 e. The first-order chi connectivity index (χ1) is 9.64. The van der Waals surface area contributed by atoms with Gasteiger partial charge in [0.15, 0.2) is 9.84 Å². The van der Waals surface area contributed by atoms with E-state index in [1.165, 1.54) is 11.1 Å². The molecule has 5 heteroatoms. The van der Waals surface area contributed by atoms with Crippen LogP contribution in [0.3, 0.4) is 0 Å². The highest BCUT2D eigenvalue weighted by atomic mass is 32.2. The van der Waals surface area contributed by atoms with Gasteiger partial charge in [0.2, 0.25) is 0 Å². The Labute approximate surface area is 120 Å². The first-order valence-electron chi connectivity index (χ1n) is 7.29. The third-order valence-electron chi connectivity index (χ3n) is 4.13. The molecule has 0 spiro atoms. The molecule has 0 aromatic heterocycles. The Bertz CT molecular complexity index is 583. The van der Waals surface area contributed by atoms with Crippen molar-refractivity contribution in [1.29, 1.82) is 0 Å². The summed E-state index contributed by atoms with van der Waals surface area (Å²) in [5.74, 6) is 1.67. The largest absolute Gasteiger partial charge is 0.493 e. The van der Waals surface area contributed by atoms with Gasteiger partial charge in [0, 0.05) is 18.0 Å². The van der Waals surface area contributed by atoms with Crippen LogP contribution >= 0.6 is 0 Å². The molecule has 1 unspecified atom stereocenters. The number of nitrogens with one attached hydrogen (secondary N) is 1. The maximum atomic E-state index is 11.6. The van der Waals surface area contributed by atoms with Gasteiger partial charge < -0.3 is 10.1 Å². The van der Waals surface area contributed by atoms with E-state index < -0.39 is 9.84 Å². The maximum absolute atomic E-state index is 11.6. The third kappa shape index (κ3) is 3.15. The predicted molar refractivity (Wildman–Crippen MR) is 78.7 cm³/mol. The van der Waals surface area contributed by atoms with Gasteiger partial charge in [0.25, 0.3) is 0 Å². The second kappa shape index (κ2) is 5.74. The number of benzene rings is 1. The average molecular weight is 295 g/mol. The molecule has 2 aliphatic heterocycles. The summed E-state index contributed by atoms with van der Waals surface area (Å²) in [5, 5.41) is 3.36. The lowest BCUT2D eigenvalue weighted by atomic mass is 10.00. The van der Waals surface area contributed by atoms with Crippen LogP contribution in [0.2, 0.25) is 0 Å². The number of sulfone groups is 1. The zero-order valence-electron chi connectivity index (χ0n) is 11.6. The molecule has 1 aromatic rings. The monoisotopic (exact) mass is 295 g/mol. The summed E-state index contributed by atoms with van der Waals surface area (Å²) in [4.78, 5) is 0. The lowest BCUT2D eigenvalue weighted by Crippen LogP contribution is -2.29. The number of hydrogen-bond donors (Lipinski definition) is 1. The highest BCUT2D eigenvalue weighted by molar-refractivity contribution is 7.91. The van der Waals surface area contributed by atoms with E-state index in [4.69, 9.17) is 4.74 Å². The molecule has 0 radical (unpaired) electrons. The smallest absolute Gasteiger partial charge is 0.150 e. The molecule has 0 bridgehead atoms. The summed E-state index contributed by atoms with van der Waals surface area (Å²) >= 11 is 0. The van der Waals surface area contributed by atoms with E-state index in [0.717, 1.165) is 38.1 Å². The Hall–Kier alpha value is -1.07. The van der Waals surface area contributed by atoms with Crippen molar-refractivity contribution in [2.45, 2.75) is 25.8 Å². The fourth-order valence-corrected chi connectivity index (χ4v) is 4.83. The normalized spacial score (nSPS) is 24.9. The van der Waals surface area contributed by atoms with Crippen LogP contribution in [0, 0.1) is 5.92 Å². The minimum absolute atomic E-state index is 0.140. The van der Waals surface area contributed by atoms with Crippen molar-refractivity contribution in [1.82, 2.24) is 5.32 Å². The molecule has 1 N–H and O–H groups in total. The summed E-state index contributed by atoms with van der Waals surface area (Å²) < 4.78 is 29.2. The molecule has 2 aliphatic rings. The Morgan fingerprint density at radius 3 is 3.10 bits per heavy atom. The van der Waals surface area contributed by atoms with Gasteiger partial charge in [0.1, 0.15) is 5.75 Å². The second-order valence-electron chi connectivity index (χ2n) is 5.75. The van der Waals surface area contributed by atoms with E-state index in [0.29, 0.717) is 12.4 Å². The highest BCUT2D eigenvalue weighted by Gasteiger charge is 2.25. The van der Waals surface area contributed by atoms with Crippen LogP contribution < -0.4 is 10.1 Å². The number of hydrogen-bond acceptors (Lipinski definition) is 4. The van der Waals surface area contributed by atoms with Crippen LogP contribution in [0.1, 0.15) is 24.0 Å². The van der Waals surface area contributed by atoms with E-state index in [-0.39, 0.29) is 11.7 Å². The molecule has 110 valence electrons. The Morgan fingerprint density at radius 1 is 1.35 bits per heavy atom. The second-order valence-corrected chi connectivity index (χ2v) is 7.98. The van der Waals surface area contributed by atoms with Gasteiger partial charge in [-0.3, -0.25) is 0 Å². The molecular formula is C15H21NO3S.